The van der Waals surface area contributed by atoms with Crippen LogP contribution in [0.25, 0.3) is 0 Å². The first-order valence-electron chi connectivity index (χ1n) is 9.63. The highest BCUT2D eigenvalue weighted by Gasteiger charge is 2.16. The van der Waals surface area contributed by atoms with Crippen molar-refractivity contribution in [2.24, 2.45) is 0 Å². The van der Waals surface area contributed by atoms with E-state index < -0.39 is 6.61 Å². The third kappa shape index (κ3) is 5.55. The lowest BCUT2D eigenvalue weighted by atomic mass is 10.2. The lowest BCUT2D eigenvalue weighted by Crippen LogP contribution is -2.37. The number of urea groups is 1. The second-order valence-electron chi connectivity index (χ2n) is 6.99. The molecule has 2 amide bonds. The Morgan fingerprint density at radius 2 is 2.07 bits per heavy atom. The molecule has 1 aliphatic heterocycles. The molecule has 0 spiro atoms. The summed E-state index contributed by atoms with van der Waals surface area (Å²) in [5.74, 6) is 0.919. The van der Waals surface area contributed by atoms with Crippen molar-refractivity contribution < 1.29 is 18.3 Å². The summed E-state index contributed by atoms with van der Waals surface area (Å²) in [7, 11) is 1.65. The standard InChI is InChI=1S/C19H25F2N5O3/c1-24(13-14-6-8-15(9-7-14)29-17(20)21)18(27)22-10-4-12-26-19(28)25-11-3-2-5-16(25)23-26/h6-9,17H,2-5,10-13H2,1H3,(H,22,27). The molecule has 29 heavy (non-hydrogen) atoms. The first kappa shape index (κ1) is 20.8. The van der Waals surface area contributed by atoms with Gasteiger partial charge in [-0.25, -0.2) is 14.3 Å². The molecule has 1 N–H and O–H groups in total. The van der Waals surface area contributed by atoms with E-state index in [9.17, 15) is 18.4 Å². The molecule has 0 unspecified atom stereocenters. The van der Waals surface area contributed by atoms with Gasteiger partial charge in [-0.05, 0) is 37.0 Å². The van der Waals surface area contributed by atoms with Crippen LogP contribution in [0.5, 0.6) is 5.75 Å². The van der Waals surface area contributed by atoms with Gasteiger partial charge in [0.1, 0.15) is 11.6 Å². The lowest BCUT2D eigenvalue weighted by molar-refractivity contribution is -0.0498. The average Bonchev–Trinajstić information content (AvgIpc) is 3.02. The minimum absolute atomic E-state index is 0.0760. The van der Waals surface area contributed by atoms with E-state index in [1.165, 1.54) is 21.7 Å². The van der Waals surface area contributed by atoms with E-state index in [1.54, 1.807) is 23.7 Å². The maximum absolute atomic E-state index is 12.3. The highest BCUT2D eigenvalue weighted by Crippen LogP contribution is 2.15. The monoisotopic (exact) mass is 409 g/mol. The summed E-state index contributed by atoms with van der Waals surface area (Å²) in [6, 6.07) is 5.89. The quantitative estimate of drug-likeness (QED) is 0.678. The van der Waals surface area contributed by atoms with E-state index in [-0.39, 0.29) is 17.5 Å². The van der Waals surface area contributed by atoms with Crippen LogP contribution in [0.1, 0.15) is 30.7 Å². The van der Waals surface area contributed by atoms with E-state index in [2.05, 4.69) is 15.2 Å². The number of aromatic nitrogens is 3. The second-order valence-corrected chi connectivity index (χ2v) is 6.99. The molecule has 158 valence electrons. The number of nitrogens with one attached hydrogen (secondary N) is 1. The number of carbonyl (C=O) groups excluding carboxylic acids is 1. The van der Waals surface area contributed by atoms with E-state index in [4.69, 9.17) is 0 Å². The highest BCUT2D eigenvalue weighted by molar-refractivity contribution is 5.73. The number of ether oxygens (including phenoxy) is 1. The first-order chi connectivity index (χ1) is 13.9. The molecule has 8 nitrogen and oxygen atoms in total. The molecule has 0 atom stereocenters. The largest absolute Gasteiger partial charge is 0.435 e. The Balaban J connectivity index is 1.41. The van der Waals surface area contributed by atoms with Crippen LogP contribution < -0.4 is 15.7 Å². The van der Waals surface area contributed by atoms with Crippen LogP contribution in [0.2, 0.25) is 0 Å². The normalized spacial score (nSPS) is 13.2. The molecule has 1 aromatic carbocycles. The summed E-state index contributed by atoms with van der Waals surface area (Å²) < 4.78 is 31.8. The van der Waals surface area contributed by atoms with Gasteiger partial charge in [0.25, 0.3) is 0 Å². The summed E-state index contributed by atoms with van der Waals surface area (Å²) >= 11 is 0. The Bertz CT molecular complexity index is 879. The Labute approximate surface area is 167 Å². The minimum Gasteiger partial charge on any atom is -0.435 e. The molecule has 2 aromatic rings. The van der Waals surface area contributed by atoms with Crippen molar-refractivity contribution in [3.8, 4) is 5.75 Å². The lowest BCUT2D eigenvalue weighted by Gasteiger charge is -2.18. The van der Waals surface area contributed by atoms with Crippen LogP contribution in [0, 0.1) is 0 Å². The fourth-order valence-electron chi connectivity index (χ4n) is 3.28. The van der Waals surface area contributed by atoms with Crippen molar-refractivity contribution in [1.82, 2.24) is 24.6 Å². The van der Waals surface area contributed by atoms with Crippen LogP contribution >= 0.6 is 0 Å². The predicted molar refractivity (Wildman–Crippen MR) is 102 cm³/mol. The molecule has 1 aromatic heterocycles. The zero-order valence-corrected chi connectivity index (χ0v) is 16.3. The molecular formula is C19H25F2N5O3. The molecule has 0 bridgehead atoms. The number of carbonyl (C=O) groups is 1. The smallest absolute Gasteiger partial charge is 0.387 e. The van der Waals surface area contributed by atoms with E-state index in [0.717, 1.165) is 37.2 Å². The summed E-state index contributed by atoms with van der Waals surface area (Å²) in [5.41, 5.74) is 0.710. The second kappa shape index (κ2) is 9.53. The van der Waals surface area contributed by atoms with Crippen molar-refractivity contribution >= 4 is 6.03 Å². The number of hydrogen-bond acceptors (Lipinski definition) is 4. The summed E-state index contributed by atoms with van der Waals surface area (Å²) in [5, 5.41) is 7.17. The number of hydrogen-bond donors (Lipinski definition) is 1. The van der Waals surface area contributed by atoms with E-state index in [0.29, 0.717) is 26.1 Å². The van der Waals surface area contributed by atoms with Gasteiger partial charge >= 0.3 is 18.3 Å². The zero-order valence-electron chi connectivity index (χ0n) is 16.3. The number of amides is 2. The van der Waals surface area contributed by atoms with Crippen LogP contribution in [-0.2, 0) is 26.1 Å². The third-order valence-corrected chi connectivity index (χ3v) is 4.77. The highest BCUT2D eigenvalue weighted by atomic mass is 19.3. The average molecular weight is 409 g/mol. The number of fused-ring (bicyclic) bond motifs is 1. The van der Waals surface area contributed by atoms with Gasteiger partial charge in [-0.2, -0.15) is 13.9 Å². The Kier molecular flexibility index (Phi) is 6.84. The third-order valence-electron chi connectivity index (χ3n) is 4.77. The van der Waals surface area contributed by atoms with E-state index in [1.807, 2.05) is 0 Å². The fraction of sp³-hybridized carbons (Fsp3) is 0.526. The van der Waals surface area contributed by atoms with Crippen LogP contribution in [0.4, 0.5) is 13.6 Å². The molecule has 2 heterocycles. The van der Waals surface area contributed by atoms with Gasteiger partial charge in [0, 0.05) is 39.6 Å². The fourth-order valence-corrected chi connectivity index (χ4v) is 3.28. The van der Waals surface area contributed by atoms with Gasteiger partial charge in [-0.3, -0.25) is 4.57 Å². The summed E-state index contributed by atoms with van der Waals surface area (Å²) in [4.78, 5) is 25.9. The maximum Gasteiger partial charge on any atom is 0.387 e. The van der Waals surface area contributed by atoms with E-state index >= 15 is 0 Å². The van der Waals surface area contributed by atoms with Crippen molar-refractivity contribution in [3.05, 3.63) is 46.1 Å². The number of aryl methyl sites for hydroxylation is 2. The van der Waals surface area contributed by atoms with Gasteiger partial charge in [0.2, 0.25) is 0 Å². The number of nitrogens with zero attached hydrogens (tertiary/aromatic N) is 4. The first-order valence-corrected chi connectivity index (χ1v) is 9.63. The SMILES string of the molecule is CN(Cc1ccc(OC(F)F)cc1)C(=O)NCCCn1nc2n(c1=O)CCCC2. The zero-order chi connectivity index (χ0) is 20.8. The van der Waals surface area contributed by atoms with Crippen molar-refractivity contribution in [1.29, 1.82) is 0 Å². The van der Waals surface area contributed by atoms with Gasteiger partial charge in [-0.15, -0.1) is 0 Å². The van der Waals surface area contributed by atoms with Crippen molar-refractivity contribution in [2.45, 2.75) is 51.9 Å². The molecule has 10 heteroatoms. The number of rotatable bonds is 8. The number of benzene rings is 1. The van der Waals surface area contributed by atoms with Gasteiger partial charge < -0.3 is 15.0 Å². The molecule has 1 aliphatic rings. The Morgan fingerprint density at radius 3 is 2.76 bits per heavy atom. The molecule has 0 aliphatic carbocycles. The van der Waals surface area contributed by atoms with Gasteiger partial charge in [0.05, 0.1) is 0 Å². The molecule has 0 radical (unpaired) electrons. The Morgan fingerprint density at radius 1 is 1.31 bits per heavy atom. The molecule has 0 saturated heterocycles. The van der Waals surface area contributed by atoms with Gasteiger partial charge in [-0.1, -0.05) is 12.1 Å². The van der Waals surface area contributed by atoms with Crippen molar-refractivity contribution in [3.63, 3.8) is 0 Å². The topological polar surface area (TPSA) is 81.4 Å². The molecular weight excluding hydrogens is 384 g/mol. The summed E-state index contributed by atoms with van der Waals surface area (Å²) in [6.45, 7) is -0.940. The molecule has 3 rings (SSSR count). The van der Waals surface area contributed by atoms with Crippen LogP contribution in [0.15, 0.2) is 29.1 Å². The molecule has 0 fully saturated rings. The Hall–Kier alpha value is -2.91. The van der Waals surface area contributed by atoms with Crippen LogP contribution in [0.3, 0.4) is 0 Å². The maximum atomic E-state index is 12.3. The minimum atomic E-state index is -2.86. The van der Waals surface area contributed by atoms with Gasteiger partial charge in [0.15, 0.2) is 0 Å². The predicted octanol–water partition coefficient (Wildman–Crippen LogP) is 2.21. The molecule has 0 saturated carbocycles. The number of alkyl halides is 2. The summed E-state index contributed by atoms with van der Waals surface area (Å²) in [6.07, 6.45) is 3.48. The van der Waals surface area contributed by atoms with Crippen molar-refractivity contribution in [2.75, 3.05) is 13.6 Å². The van der Waals surface area contributed by atoms with Crippen LogP contribution in [-0.4, -0.2) is 45.5 Å². The number of halogens is 2.